The predicted molar refractivity (Wildman–Crippen MR) is 134 cm³/mol. The second kappa shape index (κ2) is 12.7. The average Bonchev–Trinajstić information content (AvgIpc) is 3.20. The third kappa shape index (κ3) is 7.28. The molecule has 0 radical (unpaired) electrons. The molecule has 0 saturated carbocycles. The van der Waals surface area contributed by atoms with Crippen LogP contribution < -0.4 is 11.1 Å². The minimum absolute atomic E-state index is 0.219. The summed E-state index contributed by atoms with van der Waals surface area (Å²) < 4.78 is 32.4. The zero-order valence-corrected chi connectivity index (χ0v) is 20.1. The first-order valence-electron chi connectivity index (χ1n) is 11.1. The number of carbonyl (C=O) groups is 1. The van der Waals surface area contributed by atoms with Gasteiger partial charge in [-0.2, -0.15) is 0 Å². The Bertz CT molecular complexity index is 1060. The maximum Gasteiger partial charge on any atom is 0.322 e. The molecular weight excluding hydrogens is 436 g/mol. The van der Waals surface area contributed by atoms with Crippen molar-refractivity contribution in [3.8, 4) is 0 Å². The van der Waals surface area contributed by atoms with Gasteiger partial charge in [0.25, 0.3) is 0 Å². The van der Waals surface area contributed by atoms with Crippen molar-refractivity contribution >= 4 is 11.6 Å². The molecule has 0 atom stereocenters. The Balaban J connectivity index is 2.05. The predicted octanol–water partition coefficient (Wildman–Crippen LogP) is 5.61. The summed E-state index contributed by atoms with van der Waals surface area (Å²) in [4.78, 5) is 14.5. The molecule has 1 aliphatic heterocycles. The molecule has 0 aliphatic carbocycles. The number of allylic oxidation sites excluding steroid dienone is 3. The first kappa shape index (κ1) is 26.8. The van der Waals surface area contributed by atoms with E-state index in [1.165, 1.54) is 18.2 Å². The molecule has 1 heterocycles. The molecule has 34 heavy (non-hydrogen) atoms. The van der Waals surface area contributed by atoms with Crippen LogP contribution in [-0.2, 0) is 4.74 Å². The van der Waals surface area contributed by atoms with Crippen molar-refractivity contribution in [2.75, 3.05) is 26.8 Å². The summed E-state index contributed by atoms with van der Waals surface area (Å²) in [6.07, 6.45) is 8.88. The number of nitrogens with zero attached hydrogens (tertiary/aromatic N) is 1. The van der Waals surface area contributed by atoms with Gasteiger partial charge in [-0.1, -0.05) is 44.7 Å². The first-order chi connectivity index (χ1) is 16.2. The van der Waals surface area contributed by atoms with E-state index in [0.29, 0.717) is 25.3 Å². The van der Waals surface area contributed by atoms with Crippen LogP contribution >= 0.6 is 0 Å². The van der Waals surface area contributed by atoms with Crippen LogP contribution in [0.2, 0.25) is 0 Å². The van der Waals surface area contributed by atoms with Gasteiger partial charge in [0.2, 0.25) is 0 Å². The van der Waals surface area contributed by atoms with E-state index in [1.54, 1.807) is 31.1 Å². The number of rotatable bonds is 10. The molecule has 5 nitrogen and oxygen atoms in total. The summed E-state index contributed by atoms with van der Waals surface area (Å²) in [5.74, 6) is -1.31. The van der Waals surface area contributed by atoms with Crippen LogP contribution in [0.1, 0.15) is 32.3 Å². The second-order valence-electron chi connectivity index (χ2n) is 8.10. The maximum absolute atomic E-state index is 14.0. The third-order valence-electron chi connectivity index (χ3n) is 5.42. The summed E-state index contributed by atoms with van der Waals surface area (Å²) >= 11 is 0. The van der Waals surface area contributed by atoms with E-state index in [1.807, 2.05) is 0 Å². The minimum Gasteiger partial charge on any atom is -0.397 e. The number of carbonyl (C=O) groups excluding carboxylic acids is 1. The summed E-state index contributed by atoms with van der Waals surface area (Å²) in [6, 6.07) is 3.04. The number of amides is 2. The molecule has 0 bridgehead atoms. The molecule has 0 fully saturated rings. The molecule has 2 rings (SSSR count). The van der Waals surface area contributed by atoms with E-state index in [2.05, 4.69) is 31.5 Å². The van der Waals surface area contributed by atoms with Gasteiger partial charge in [-0.25, -0.2) is 13.6 Å². The topological polar surface area (TPSA) is 67.6 Å². The number of hydrogen-bond donors (Lipinski definition) is 2. The summed E-state index contributed by atoms with van der Waals surface area (Å²) in [7, 11) is 1.66. The number of nitrogens with two attached hydrogens (primary N) is 1. The van der Waals surface area contributed by atoms with E-state index in [4.69, 9.17) is 10.5 Å². The van der Waals surface area contributed by atoms with Gasteiger partial charge in [0.1, 0.15) is 11.6 Å². The highest BCUT2D eigenvalue weighted by Crippen LogP contribution is 2.23. The molecule has 0 saturated heterocycles. The highest BCUT2D eigenvalue weighted by atomic mass is 19.1. The van der Waals surface area contributed by atoms with Crippen LogP contribution in [0.4, 0.5) is 13.6 Å². The number of urea groups is 1. The van der Waals surface area contributed by atoms with Crippen molar-refractivity contribution < 1.29 is 18.3 Å². The first-order valence-corrected chi connectivity index (χ1v) is 11.1. The molecule has 2 amide bonds. The van der Waals surface area contributed by atoms with Crippen molar-refractivity contribution in [3.05, 3.63) is 101 Å². The van der Waals surface area contributed by atoms with E-state index in [0.717, 1.165) is 35.6 Å². The summed E-state index contributed by atoms with van der Waals surface area (Å²) in [6.45, 7) is 12.9. The fourth-order valence-corrected chi connectivity index (χ4v) is 3.58. The lowest BCUT2D eigenvalue weighted by molar-refractivity contribution is 0.213. The molecule has 0 spiro atoms. The van der Waals surface area contributed by atoms with Crippen LogP contribution in [-0.4, -0.2) is 37.7 Å². The van der Waals surface area contributed by atoms with Crippen LogP contribution in [0.3, 0.4) is 0 Å². The highest BCUT2D eigenvalue weighted by molar-refractivity contribution is 5.79. The Labute approximate surface area is 200 Å². The van der Waals surface area contributed by atoms with Crippen molar-refractivity contribution in [1.29, 1.82) is 0 Å². The number of nitrogens with one attached hydrogen (secondary N) is 1. The second-order valence-corrected chi connectivity index (χ2v) is 8.10. The molecular formula is C27H33F2N3O2. The molecule has 182 valence electrons. The Kier molecular flexibility index (Phi) is 10.0. The Morgan fingerprint density at radius 1 is 1.26 bits per heavy atom. The van der Waals surface area contributed by atoms with Gasteiger partial charge in [-0.3, -0.25) is 0 Å². The summed E-state index contributed by atoms with van der Waals surface area (Å²) in [5.41, 5.74) is 10.5. The van der Waals surface area contributed by atoms with Crippen LogP contribution in [0.15, 0.2) is 83.8 Å². The number of methoxy groups -OCH3 is 1. The molecule has 1 aromatic rings. The number of benzene rings is 1. The van der Waals surface area contributed by atoms with Gasteiger partial charge in [-0.05, 0) is 53.8 Å². The molecule has 1 aromatic carbocycles. The number of hydrogen-bond acceptors (Lipinski definition) is 3. The average molecular weight is 470 g/mol. The zero-order valence-electron chi connectivity index (χ0n) is 20.1. The van der Waals surface area contributed by atoms with Crippen molar-refractivity contribution in [2.45, 2.75) is 26.7 Å². The lowest BCUT2D eigenvalue weighted by Gasteiger charge is -2.18. The third-order valence-corrected chi connectivity index (χ3v) is 5.42. The van der Waals surface area contributed by atoms with Gasteiger partial charge in [0.05, 0.1) is 18.0 Å². The SMILES string of the molecule is C=CC1=C(/C=C(\CCC)COC)CN(C(=O)NC(=C)/C(N)=C\C=C(/C)c2ccc(F)cc2F)C1. The smallest absolute Gasteiger partial charge is 0.322 e. The van der Waals surface area contributed by atoms with Gasteiger partial charge in [0.15, 0.2) is 0 Å². The number of ether oxygens (including phenoxy) is 1. The van der Waals surface area contributed by atoms with Crippen LogP contribution in [0.25, 0.3) is 5.57 Å². The molecule has 1 aliphatic rings. The zero-order chi connectivity index (χ0) is 25.3. The van der Waals surface area contributed by atoms with Crippen molar-refractivity contribution in [3.63, 3.8) is 0 Å². The molecule has 0 unspecified atom stereocenters. The Hall–Kier alpha value is -3.45. The van der Waals surface area contributed by atoms with Crippen LogP contribution in [0.5, 0.6) is 0 Å². The monoisotopic (exact) mass is 469 g/mol. The van der Waals surface area contributed by atoms with E-state index in [-0.39, 0.29) is 23.0 Å². The van der Waals surface area contributed by atoms with Gasteiger partial charge < -0.3 is 20.7 Å². The highest BCUT2D eigenvalue weighted by Gasteiger charge is 2.24. The van der Waals surface area contributed by atoms with Crippen molar-refractivity contribution in [1.82, 2.24) is 10.2 Å². The largest absolute Gasteiger partial charge is 0.397 e. The van der Waals surface area contributed by atoms with Crippen molar-refractivity contribution in [2.24, 2.45) is 5.73 Å². The molecule has 3 N–H and O–H groups in total. The molecule has 0 aromatic heterocycles. The van der Waals surface area contributed by atoms with Gasteiger partial charge >= 0.3 is 6.03 Å². The van der Waals surface area contributed by atoms with Crippen LogP contribution in [0, 0.1) is 11.6 Å². The van der Waals surface area contributed by atoms with E-state index < -0.39 is 11.6 Å². The van der Waals surface area contributed by atoms with Gasteiger partial charge in [-0.15, -0.1) is 0 Å². The quantitative estimate of drug-likeness (QED) is 0.438. The van der Waals surface area contributed by atoms with E-state index in [9.17, 15) is 13.6 Å². The normalized spacial score (nSPS) is 15.1. The Morgan fingerprint density at radius 2 is 1.97 bits per heavy atom. The Morgan fingerprint density at radius 3 is 2.59 bits per heavy atom. The summed E-state index contributed by atoms with van der Waals surface area (Å²) in [5, 5.41) is 2.71. The maximum atomic E-state index is 14.0. The fourth-order valence-electron chi connectivity index (χ4n) is 3.58. The van der Waals surface area contributed by atoms with E-state index >= 15 is 0 Å². The van der Waals surface area contributed by atoms with Gasteiger partial charge in [0, 0.05) is 31.8 Å². The lowest BCUT2D eigenvalue weighted by Crippen LogP contribution is -2.39. The standard InChI is InChI=1S/C27H33F2N3O2/c1-6-8-20(17-34-5)13-22-16-32(15-21(22)7-2)27(33)31-19(4)26(30)12-9-18(3)24-11-10-23(28)14-25(24)29/h7,9-14H,2,4,6,8,15-17,30H2,1,3,5H3,(H,31,33)/b18-9+,20-13+,26-12+. The minimum atomic E-state index is -0.662. The lowest BCUT2D eigenvalue weighted by atomic mass is 10.1. The number of halogens is 2. The molecule has 7 heteroatoms. The fraction of sp³-hybridized carbons (Fsp3) is 0.296.